The predicted octanol–water partition coefficient (Wildman–Crippen LogP) is 3.76. The monoisotopic (exact) mass is 385 g/mol. The zero-order valence-electron chi connectivity index (χ0n) is 16.7. The molecule has 0 atom stereocenters. The molecule has 7 heteroatoms. The molecule has 0 radical (unpaired) electrons. The lowest BCUT2D eigenvalue weighted by molar-refractivity contribution is -0.385. The normalized spacial score (nSPS) is 15.5. The van der Waals surface area contributed by atoms with Crippen molar-refractivity contribution in [2.24, 2.45) is 5.92 Å². The number of furan rings is 1. The van der Waals surface area contributed by atoms with Crippen molar-refractivity contribution in [1.29, 1.82) is 0 Å². The lowest BCUT2D eigenvalue weighted by Gasteiger charge is -2.31. The fourth-order valence-electron chi connectivity index (χ4n) is 3.72. The molecule has 1 aliphatic heterocycles. The molecule has 2 heterocycles. The zero-order chi connectivity index (χ0) is 20.3. The molecule has 0 spiro atoms. The number of hydrogen-bond donors (Lipinski definition) is 1. The highest BCUT2D eigenvalue weighted by Crippen LogP contribution is 2.22. The second-order valence-corrected chi connectivity index (χ2v) is 7.63. The number of nitrogens with one attached hydrogen (secondary N) is 1. The van der Waals surface area contributed by atoms with Crippen LogP contribution in [0, 0.1) is 36.8 Å². The van der Waals surface area contributed by atoms with E-state index in [2.05, 4.69) is 16.3 Å². The van der Waals surface area contributed by atoms with Crippen molar-refractivity contribution in [3.63, 3.8) is 0 Å². The second kappa shape index (κ2) is 8.56. The van der Waals surface area contributed by atoms with Crippen LogP contribution < -0.4 is 5.32 Å². The predicted molar refractivity (Wildman–Crippen MR) is 106 cm³/mol. The molecule has 0 bridgehead atoms. The Morgan fingerprint density at radius 1 is 1.25 bits per heavy atom. The lowest BCUT2D eigenvalue weighted by Crippen LogP contribution is -2.38. The third kappa shape index (κ3) is 4.78. The number of carbonyl (C=O) groups is 1. The second-order valence-electron chi connectivity index (χ2n) is 7.63. The van der Waals surface area contributed by atoms with E-state index in [0.717, 1.165) is 44.0 Å². The summed E-state index contributed by atoms with van der Waals surface area (Å²) >= 11 is 0. The Bertz CT molecular complexity index is 867. The average molecular weight is 385 g/mol. The summed E-state index contributed by atoms with van der Waals surface area (Å²) in [5, 5.41) is 14.0. The summed E-state index contributed by atoms with van der Waals surface area (Å²) in [7, 11) is 0. The first kappa shape index (κ1) is 20.1. The van der Waals surface area contributed by atoms with Crippen LogP contribution in [0.2, 0.25) is 0 Å². The maximum atomic E-state index is 12.4. The van der Waals surface area contributed by atoms with Crippen molar-refractivity contribution in [1.82, 2.24) is 10.2 Å². The number of piperidine rings is 1. The Labute approximate surface area is 164 Å². The van der Waals surface area contributed by atoms with Crippen LogP contribution in [-0.4, -0.2) is 35.4 Å². The molecule has 1 aromatic heterocycles. The summed E-state index contributed by atoms with van der Waals surface area (Å²) in [6, 6.07) is 6.70. The van der Waals surface area contributed by atoms with Crippen LogP contribution in [-0.2, 0) is 6.54 Å². The van der Waals surface area contributed by atoms with Crippen molar-refractivity contribution < 1.29 is 14.1 Å². The third-order valence-electron chi connectivity index (χ3n) is 5.46. The van der Waals surface area contributed by atoms with Gasteiger partial charge in [-0.2, -0.15) is 0 Å². The number of benzene rings is 1. The number of nitro benzene ring substituents is 1. The van der Waals surface area contributed by atoms with Crippen molar-refractivity contribution in [2.75, 3.05) is 19.6 Å². The SMILES string of the molecule is Cc1cc(CN2CCC(CNC(=O)c3ccc(C)c([N+](=O)[O-])c3)CC2)c(C)o1. The van der Waals surface area contributed by atoms with Gasteiger partial charge in [-0.15, -0.1) is 0 Å². The molecule has 1 aliphatic rings. The van der Waals surface area contributed by atoms with E-state index >= 15 is 0 Å². The summed E-state index contributed by atoms with van der Waals surface area (Å²) in [6.45, 7) is 9.10. The third-order valence-corrected chi connectivity index (χ3v) is 5.46. The molecular formula is C21H27N3O4. The van der Waals surface area contributed by atoms with Gasteiger partial charge in [0.25, 0.3) is 11.6 Å². The lowest BCUT2D eigenvalue weighted by atomic mass is 9.96. The smallest absolute Gasteiger partial charge is 0.273 e. The first-order valence-electron chi connectivity index (χ1n) is 9.65. The van der Waals surface area contributed by atoms with Gasteiger partial charge in [0.1, 0.15) is 11.5 Å². The molecule has 0 unspecified atom stereocenters. The molecule has 7 nitrogen and oxygen atoms in total. The van der Waals surface area contributed by atoms with Crippen molar-refractivity contribution >= 4 is 11.6 Å². The van der Waals surface area contributed by atoms with Gasteiger partial charge in [0.05, 0.1) is 4.92 Å². The highest BCUT2D eigenvalue weighted by molar-refractivity contribution is 5.94. The number of hydrogen-bond acceptors (Lipinski definition) is 5. The van der Waals surface area contributed by atoms with Crippen LogP contribution in [0.3, 0.4) is 0 Å². The van der Waals surface area contributed by atoms with E-state index in [1.807, 2.05) is 13.8 Å². The van der Waals surface area contributed by atoms with Gasteiger partial charge < -0.3 is 9.73 Å². The summed E-state index contributed by atoms with van der Waals surface area (Å²) < 4.78 is 5.60. The van der Waals surface area contributed by atoms with Crippen molar-refractivity contribution in [2.45, 2.75) is 40.2 Å². The first-order valence-corrected chi connectivity index (χ1v) is 9.65. The van der Waals surface area contributed by atoms with E-state index < -0.39 is 4.92 Å². The van der Waals surface area contributed by atoms with Crippen molar-refractivity contribution in [3.05, 3.63) is 62.6 Å². The molecule has 0 aliphatic carbocycles. The highest BCUT2D eigenvalue weighted by atomic mass is 16.6. The number of nitrogens with zero attached hydrogens (tertiary/aromatic N) is 2. The minimum absolute atomic E-state index is 0.0225. The number of likely N-dealkylation sites (tertiary alicyclic amines) is 1. The van der Waals surface area contributed by atoms with Crippen LogP contribution in [0.25, 0.3) is 0 Å². The Morgan fingerprint density at radius 2 is 1.96 bits per heavy atom. The minimum atomic E-state index is -0.453. The van der Waals surface area contributed by atoms with Crippen molar-refractivity contribution in [3.8, 4) is 0 Å². The van der Waals surface area contributed by atoms with E-state index in [0.29, 0.717) is 23.6 Å². The molecule has 1 N–H and O–H groups in total. The molecule has 2 aromatic rings. The van der Waals surface area contributed by atoms with Gasteiger partial charge in [0.15, 0.2) is 0 Å². The molecular weight excluding hydrogens is 358 g/mol. The standard InChI is InChI=1S/C21H27N3O4/c1-14-4-5-18(11-20(14)24(26)27)21(25)22-12-17-6-8-23(9-7-17)13-19-10-15(2)28-16(19)3/h4-5,10-11,17H,6-9,12-13H2,1-3H3,(H,22,25). The Balaban J connectivity index is 1.47. The van der Waals surface area contributed by atoms with Crippen LogP contribution in [0.1, 0.15) is 45.8 Å². The van der Waals surface area contributed by atoms with E-state index in [1.54, 1.807) is 19.1 Å². The van der Waals surface area contributed by atoms with Gasteiger partial charge in [-0.05, 0) is 64.8 Å². The maximum absolute atomic E-state index is 12.4. The maximum Gasteiger partial charge on any atom is 0.273 e. The van der Waals surface area contributed by atoms with Gasteiger partial charge in [-0.3, -0.25) is 19.8 Å². The van der Waals surface area contributed by atoms with E-state index in [-0.39, 0.29) is 11.6 Å². The average Bonchev–Trinajstić information content (AvgIpc) is 2.98. The van der Waals surface area contributed by atoms with Gasteiger partial charge in [0, 0.05) is 35.8 Å². The topological polar surface area (TPSA) is 88.6 Å². The Kier molecular flexibility index (Phi) is 6.14. The number of aryl methyl sites for hydroxylation is 3. The highest BCUT2D eigenvalue weighted by Gasteiger charge is 2.22. The number of nitro groups is 1. The molecule has 1 aromatic carbocycles. The zero-order valence-corrected chi connectivity index (χ0v) is 16.7. The number of amides is 1. The number of carbonyl (C=O) groups excluding carboxylic acids is 1. The minimum Gasteiger partial charge on any atom is -0.466 e. The largest absolute Gasteiger partial charge is 0.466 e. The molecule has 28 heavy (non-hydrogen) atoms. The Hall–Kier alpha value is -2.67. The van der Waals surface area contributed by atoms with Gasteiger partial charge in [-0.1, -0.05) is 6.07 Å². The first-order chi connectivity index (χ1) is 13.3. The quantitative estimate of drug-likeness (QED) is 0.604. The molecule has 3 rings (SSSR count). The molecule has 150 valence electrons. The van der Waals surface area contributed by atoms with Gasteiger partial charge >= 0.3 is 0 Å². The fraction of sp³-hybridized carbons (Fsp3) is 0.476. The van der Waals surface area contributed by atoms with E-state index in [9.17, 15) is 14.9 Å². The molecule has 1 saturated heterocycles. The number of rotatable bonds is 6. The fourth-order valence-corrected chi connectivity index (χ4v) is 3.72. The molecule has 1 fully saturated rings. The molecule has 0 saturated carbocycles. The summed E-state index contributed by atoms with van der Waals surface area (Å²) in [5.74, 6) is 2.10. The van der Waals surface area contributed by atoms with E-state index in [1.165, 1.54) is 11.6 Å². The summed E-state index contributed by atoms with van der Waals surface area (Å²) in [6.07, 6.45) is 2.04. The van der Waals surface area contributed by atoms with Gasteiger partial charge in [-0.25, -0.2) is 0 Å². The van der Waals surface area contributed by atoms with Crippen LogP contribution in [0.4, 0.5) is 5.69 Å². The summed E-state index contributed by atoms with van der Waals surface area (Å²) in [4.78, 5) is 25.4. The van der Waals surface area contributed by atoms with E-state index in [4.69, 9.17) is 4.42 Å². The van der Waals surface area contributed by atoms with Crippen LogP contribution >= 0.6 is 0 Å². The molecule has 1 amide bonds. The van der Waals surface area contributed by atoms with Crippen LogP contribution in [0.15, 0.2) is 28.7 Å². The van der Waals surface area contributed by atoms with Gasteiger partial charge in [0.2, 0.25) is 0 Å². The summed E-state index contributed by atoms with van der Waals surface area (Å²) in [5.41, 5.74) is 2.11. The van der Waals surface area contributed by atoms with Crippen LogP contribution in [0.5, 0.6) is 0 Å². The Morgan fingerprint density at radius 3 is 2.57 bits per heavy atom.